The molecule has 4 aromatic carbocycles. The van der Waals surface area contributed by atoms with Crippen molar-refractivity contribution in [3.05, 3.63) is 112 Å². The summed E-state index contributed by atoms with van der Waals surface area (Å²) in [6.45, 7) is 2.41. The second-order valence-corrected chi connectivity index (χ2v) is 11.8. The van der Waals surface area contributed by atoms with Crippen molar-refractivity contribution < 1.29 is 23.6 Å². The highest BCUT2D eigenvalue weighted by molar-refractivity contribution is 5.99. The number of aromatic nitrogens is 2. The summed E-state index contributed by atoms with van der Waals surface area (Å²) in [6.07, 6.45) is 5.13. The van der Waals surface area contributed by atoms with E-state index in [9.17, 15) is 14.5 Å². The third-order valence-electron chi connectivity index (χ3n) is 8.70. The summed E-state index contributed by atoms with van der Waals surface area (Å²) in [5.41, 5.74) is 8.75. The second kappa shape index (κ2) is 14.4. The summed E-state index contributed by atoms with van der Waals surface area (Å²) >= 11 is 0. The number of benzene rings is 4. The molecule has 0 spiro atoms. The van der Waals surface area contributed by atoms with E-state index in [0.717, 1.165) is 59.9 Å². The maximum atomic E-state index is 16.0. The summed E-state index contributed by atoms with van der Waals surface area (Å²) in [5.74, 6) is -0.245. The maximum Gasteiger partial charge on any atom is 0.320 e. The number of hydrogen-bond donors (Lipinski definition) is 1. The lowest BCUT2D eigenvalue weighted by Crippen LogP contribution is -2.24. The van der Waals surface area contributed by atoms with Gasteiger partial charge in [-0.1, -0.05) is 61.2 Å². The molecule has 0 saturated heterocycles. The van der Waals surface area contributed by atoms with E-state index in [-0.39, 0.29) is 24.7 Å². The quantitative estimate of drug-likeness (QED) is 0.0538. The number of fused-ring (bicyclic) bond motifs is 1. The van der Waals surface area contributed by atoms with Gasteiger partial charge in [-0.15, -0.1) is 4.91 Å². The average molecular weight is 648 g/mol. The monoisotopic (exact) mass is 647 g/mol. The molecule has 0 unspecified atom stereocenters. The van der Waals surface area contributed by atoms with Gasteiger partial charge in [0.2, 0.25) is 0 Å². The third-order valence-corrected chi connectivity index (χ3v) is 8.70. The minimum atomic E-state index is -0.877. The van der Waals surface area contributed by atoms with Crippen LogP contribution in [0.5, 0.6) is 5.75 Å². The van der Waals surface area contributed by atoms with Crippen molar-refractivity contribution in [3.63, 3.8) is 0 Å². The lowest BCUT2D eigenvalue weighted by Gasteiger charge is -2.25. The molecule has 0 radical (unpaired) electrons. The molecular formula is C37H34FN5O5. The zero-order valence-electron chi connectivity index (χ0n) is 26.6. The van der Waals surface area contributed by atoms with Gasteiger partial charge in [0, 0.05) is 35.5 Å². The van der Waals surface area contributed by atoms with Crippen molar-refractivity contribution in [3.8, 4) is 28.3 Å². The van der Waals surface area contributed by atoms with Crippen LogP contribution in [-0.4, -0.2) is 34.8 Å². The first-order chi connectivity index (χ1) is 23.4. The molecule has 0 aliphatic heterocycles. The van der Waals surface area contributed by atoms with Crippen molar-refractivity contribution in [2.24, 2.45) is 10.2 Å². The Morgan fingerprint density at radius 1 is 0.979 bits per heavy atom. The molecule has 1 heterocycles. The summed E-state index contributed by atoms with van der Waals surface area (Å²) in [5, 5.41) is 2.54. The number of nitrogens with zero attached hydrogens (tertiary/aromatic N) is 4. The van der Waals surface area contributed by atoms with Crippen molar-refractivity contribution >= 4 is 29.2 Å². The van der Waals surface area contributed by atoms with E-state index < -0.39 is 11.7 Å². The lowest BCUT2D eigenvalue weighted by molar-refractivity contribution is -0.132. The summed E-state index contributed by atoms with van der Waals surface area (Å²) in [6, 6.07) is 23.5. The van der Waals surface area contributed by atoms with Gasteiger partial charge in [0.25, 0.3) is 0 Å². The minimum Gasteiger partial charge on any atom is -0.489 e. The maximum absolute atomic E-state index is 16.0. The first kappa shape index (κ1) is 32.2. The number of carbonyl (C=O) groups excluding carboxylic acids is 2. The highest BCUT2D eigenvalue weighted by Gasteiger charge is 2.25. The van der Waals surface area contributed by atoms with Crippen LogP contribution < -0.4 is 10.2 Å². The lowest BCUT2D eigenvalue weighted by atomic mass is 9.94. The fraction of sp³-hybridized carbons (Fsp3) is 0.243. The smallest absolute Gasteiger partial charge is 0.320 e. The number of amidine groups is 1. The third kappa shape index (κ3) is 6.71. The van der Waals surface area contributed by atoms with Gasteiger partial charge in [0.15, 0.2) is 5.84 Å². The molecule has 6 rings (SSSR count). The van der Waals surface area contributed by atoms with Gasteiger partial charge in [-0.2, -0.15) is 0 Å². The van der Waals surface area contributed by atoms with E-state index in [1.807, 2.05) is 49.4 Å². The molecule has 11 heteroatoms. The van der Waals surface area contributed by atoms with Gasteiger partial charge in [-0.25, -0.2) is 14.9 Å². The SMILES string of the molecule is CN=C(NOC=O)c1ccc(-c2ccc(C)cc2)c(COc2ccc(-c3nc4cc(C(=O)N=O)ccc4n3C3CCCCC3)c(F)c2)c1. The van der Waals surface area contributed by atoms with Gasteiger partial charge in [0.1, 0.15) is 24.0 Å². The summed E-state index contributed by atoms with van der Waals surface area (Å²) < 4.78 is 24.2. The van der Waals surface area contributed by atoms with E-state index in [1.165, 1.54) is 12.1 Å². The van der Waals surface area contributed by atoms with Gasteiger partial charge in [-0.3, -0.25) is 14.6 Å². The van der Waals surface area contributed by atoms with Crippen molar-refractivity contribution in [1.29, 1.82) is 0 Å². The molecule has 1 aliphatic rings. The molecule has 1 amide bonds. The molecule has 0 bridgehead atoms. The molecule has 1 N–H and O–H groups in total. The predicted molar refractivity (Wildman–Crippen MR) is 181 cm³/mol. The van der Waals surface area contributed by atoms with Crippen LogP contribution in [0.3, 0.4) is 0 Å². The second-order valence-electron chi connectivity index (χ2n) is 11.8. The number of aryl methyl sites for hydroxylation is 1. The standard InChI is InChI=1S/C37H34FN5O5/c1-23-8-10-24(11-9-23)30-15-12-25(35(39-2)42-48-22-44)18-27(30)21-47-29-14-16-31(32(38)20-29)36-40-33-19-26(37(45)41-46)13-17-34(33)43(36)28-6-4-3-5-7-28/h8-20,22,28H,3-7,21H2,1-2H3,(H,39,42). The average Bonchev–Trinajstić information content (AvgIpc) is 3.50. The van der Waals surface area contributed by atoms with Crippen LogP contribution in [0.4, 0.5) is 4.39 Å². The van der Waals surface area contributed by atoms with Crippen LogP contribution in [0.25, 0.3) is 33.5 Å². The molecule has 0 atom stereocenters. The number of nitroso groups, excluding NO2 is 1. The molecule has 1 saturated carbocycles. The van der Waals surface area contributed by atoms with Crippen molar-refractivity contribution in [1.82, 2.24) is 15.0 Å². The van der Waals surface area contributed by atoms with E-state index in [0.29, 0.717) is 34.1 Å². The fourth-order valence-corrected chi connectivity index (χ4v) is 6.30. The van der Waals surface area contributed by atoms with Crippen LogP contribution in [0.2, 0.25) is 0 Å². The molecule has 1 fully saturated rings. The van der Waals surface area contributed by atoms with Crippen molar-refractivity contribution in [2.45, 2.75) is 51.7 Å². The Labute approximate surface area is 276 Å². The van der Waals surface area contributed by atoms with Gasteiger partial charge < -0.3 is 14.1 Å². The number of nitrogens with one attached hydrogen (secondary N) is 1. The van der Waals surface area contributed by atoms with E-state index >= 15 is 4.39 Å². The number of ether oxygens (including phenoxy) is 1. The Balaban J connectivity index is 1.33. The molecule has 1 aromatic heterocycles. The molecule has 48 heavy (non-hydrogen) atoms. The number of rotatable bonds is 10. The fourth-order valence-electron chi connectivity index (χ4n) is 6.30. The van der Waals surface area contributed by atoms with E-state index in [2.05, 4.69) is 20.2 Å². The Morgan fingerprint density at radius 2 is 1.73 bits per heavy atom. The first-order valence-electron chi connectivity index (χ1n) is 15.7. The number of carbonyl (C=O) groups is 2. The van der Waals surface area contributed by atoms with Crippen molar-refractivity contribution in [2.75, 3.05) is 7.05 Å². The highest BCUT2D eigenvalue weighted by Crippen LogP contribution is 2.38. The summed E-state index contributed by atoms with van der Waals surface area (Å²) in [7, 11) is 1.58. The predicted octanol–water partition coefficient (Wildman–Crippen LogP) is 7.86. The van der Waals surface area contributed by atoms with Crippen LogP contribution >= 0.6 is 0 Å². The van der Waals surface area contributed by atoms with Crippen LogP contribution in [-0.2, 0) is 16.2 Å². The number of halogens is 1. The van der Waals surface area contributed by atoms with Crippen LogP contribution in [0.1, 0.15) is 65.2 Å². The number of hydroxylamine groups is 1. The van der Waals surface area contributed by atoms with Gasteiger partial charge in [-0.05, 0) is 72.9 Å². The van der Waals surface area contributed by atoms with Gasteiger partial charge >= 0.3 is 12.4 Å². The molecule has 1 aliphatic carbocycles. The Kier molecular flexibility index (Phi) is 9.65. The Bertz CT molecular complexity index is 2020. The number of amides is 1. The first-order valence-corrected chi connectivity index (χ1v) is 15.7. The van der Waals surface area contributed by atoms with Gasteiger partial charge in [0.05, 0.1) is 16.6 Å². The van der Waals surface area contributed by atoms with Crippen LogP contribution in [0.15, 0.2) is 89.0 Å². The van der Waals surface area contributed by atoms with Crippen LogP contribution in [0, 0.1) is 17.6 Å². The Morgan fingerprint density at radius 3 is 2.44 bits per heavy atom. The number of aliphatic imine (C=N–C) groups is 1. The normalized spacial score (nSPS) is 13.7. The highest BCUT2D eigenvalue weighted by atomic mass is 19.1. The number of hydrogen-bond acceptors (Lipinski definition) is 7. The summed E-state index contributed by atoms with van der Waals surface area (Å²) in [4.78, 5) is 47.3. The van der Waals surface area contributed by atoms with E-state index in [4.69, 9.17) is 14.6 Å². The largest absolute Gasteiger partial charge is 0.489 e. The van der Waals surface area contributed by atoms with E-state index in [1.54, 1.807) is 31.3 Å². The zero-order valence-corrected chi connectivity index (χ0v) is 26.6. The molecule has 10 nitrogen and oxygen atoms in total. The molecule has 5 aromatic rings. The Hall–Kier alpha value is -5.71. The molecular weight excluding hydrogens is 613 g/mol. The number of imidazole rings is 1. The molecule has 244 valence electrons. The minimum absolute atomic E-state index is 0.115. The topological polar surface area (TPSA) is 124 Å². The zero-order chi connectivity index (χ0) is 33.6.